The van der Waals surface area contributed by atoms with Crippen LogP contribution in [0.4, 0.5) is 8.78 Å². The molecule has 4 heteroatoms. The topological polar surface area (TPSA) is 25.2 Å². The van der Waals surface area contributed by atoms with Gasteiger partial charge in [0.2, 0.25) is 0 Å². The molecule has 0 amide bonds. The zero-order valence-corrected chi connectivity index (χ0v) is 6.80. The van der Waals surface area contributed by atoms with Crippen LogP contribution >= 0.6 is 0 Å². The van der Waals surface area contributed by atoms with Gasteiger partial charge in [-0.2, -0.15) is 8.78 Å². The van der Waals surface area contributed by atoms with Crippen LogP contribution in [0.3, 0.4) is 0 Å². The summed E-state index contributed by atoms with van der Waals surface area (Å²) in [4.78, 5) is 0. The van der Waals surface area contributed by atoms with Crippen molar-refractivity contribution >= 4 is 0 Å². The van der Waals surface area contributed by atoms with Crippen LogP contribution in [0.25, 0.3) is 0 Å². The number of hydrogen-bond donors (Lipinski definition) is 1. The fourth-order valence-corrected chi connectivity index (χ4v) is 1.14. The van der Waals surface area contributed by atoms with Crippen molar-refractivity contribution in [2.75, 3.05) is 0 Å². The molecule has 0 aliphatic carbocycles. The third-order valence-electron chi connectivity index (χ3n) is 1.74. The highest BCUT2D eigenvalue weighted by molar-refractivity contribution is 5.18. The molecular weight excluding hydrogens is 164 g/mol. The van der Waals surface area contributed by atoms with Gasteiger partial charge in [0.1, 0.15) is 0 Å². The van der Waals surface area contributed by atoms with E-state index >= 15 is 0 Å². The van der Waals surface area contributed by atoms with Gasteiger partial charge in [0.15, 0.2) is 0 Å². The van der Waals surface area contributed by atoms with E-state index in [-0.39, 0.29) is 6.61 Å². The van der Waals surface area contributed by atoms with Gasteiger partial charge >= 0.3 is 6.55 Å². The van der Waals surface area contributed by atoms with E-state index in [4.69, 9.17) is 5.11 Å². The van der Waals surface area contributed by atoms with E-state index in [0.29, 0.717) is 17.7 Å². The summed E-state index contributed by atoms with van der Waals surface area (Å²) in [5.74, 6) is 0. The molecule has 0 aromatic carbocycles. The Hall–Kier alpha value is -0.900. The van der Waals surface area contributed by atoms with Crippen molar-refractivity contribution < 1.29 is 13.9 Å². The van der Waals surface area contributed by atoms with Crippen molar-refractivity contribution in [3.05, 3.63) is 23.5 Å². The van der Waals surface area contributed by atoms with Crippen LogP contribution in [-0.4, -0.2) is 9.67 Å². The minimum atomic E-state index is -2.51. The molecule has 0 fully saturated rings. The van der Waals surface area contributed by atoms with Gasteiger partial charge in [-0.25, -0.2) is 0 Å². The van der Waals surface area contributed by atoms with Gasteiger partial charge in [-0.3, -0.25) is 4.57 Å². The van der Waals surface area contributed by atoms with Crippen molar-refractivity contribution in [2.24, 2.45) is 0 Å². The van der Waals surface area contributed by atoms with Crippen LogP contribution in [0.15, 0.2) is 12.3 Å². The van der Waals surface area contributed by atoms with Crippen LogP contribution < -0.4 is 0 Å². The maximum absolute atomic E-state index is 12.2. The van der Waals surface area contributed by atoms with Crippen molar-refractivity contribution in [3.63, 3.8) is 0 Å². The number of aryl methyl sites for hydroxylation is 1. The maximum atomic E-state index is 12.2. The second kappa shape index (κ2) is 3.67. The first-order valence-electron chi connectivity index (χ1n) is 3.77. The van der Waals surface area contributed by atoms with Gasteiger partial charge in [0.25, 0.3) is 0 Å². The molecular formula is C8H11F2NO. The molecule has 1 N–H and O–H groups in total. The normalized spacial score (nSPS) is 11.1. The Morgan fingerprint density at radius 1 is 1.58 bits per heavy atom. The second-order valence-electron chi connectivity index (χ2n) is 2.54. The summed E-state index contributed by atoms with van der Waals surface area (Å²) in [5.41, 5.74) is 1.08. The fraction of sp³-hybridized carbons (Fsp3) is 0.500. The van der Waals surface area contributed by atoms with E-state index in [2.05, 4.69) is 0 Å². The number of nitrogens with zero attached hydrogens (tertiary/aromatic N) is 1. The molecule has 68 valence electrons. The summed E-state index contributed by atoms with van der Waals surface area (Å²) in [6, 6.07) is 1.59. The number of hydrogen-bond acceptors (Lipinski definition) is 1. The molecule has 0 aliphatic rings. The smallest absolute Gasteiger partial charge is 0.318 e. The van der Waals surface area contributed by atoms with E-state index in [0.717, 1.165) is 4.57 Å². The first kappa shape index (κ1) is 9.19. The molecule has 2 nitrogen and oxygen atoms in total. The summed E-state index contributed by atoms with van der Waals surface area (Å²) >= 11 is 0. The minimum absolute atomic E-state index is 0.188. The van der Waals surface area contributed by atoms with Gasteiger partial charge in [-0.1, -0.05) is 6.92 Å². The largest absolute Gasteiger partial charge is 0.392 e. The summed E-state index contributed by atoms with van der Waals surface area (Å²) in [6.07, 6.45) is 1.83. The Morgan fingerprint density at radius 3 is 2.58 bits per heavy atom. The molecule has 1 aromatic heterocycles. The Balaban J connectivity index is 3.00. The van der Waals surface area contributed by atoms with Crippen molar-refractivity contribution in [3.8, 4) is 0 Å². The maximum Gasteiger partial charge on any atom is 0.318 e. The second-order valence-corrected chi connectivity index (χ2v) is 2.54. The number of aromatic nitrogens is 1. The first-order chi connectivity index (χ1) is 5.69. The Morgan fingerprint density at radius 2 is 2.25 bits per heavy atom. The van der Waals surface area contributed by atoms with E-state index in [9.17, 15) is 8.78 Å². The Labute approximate surface area is 69.4 Å². The van der Waals surface area contributed by atoms with E-state index in [1.807, 2.05) is 0 Å². The highest BCUT2D eigenvalue weighted by Crippen LogP contribution is 2.17. The van der Waals surface area contributed by atoms with Gasteiger partial charge < -0.3 is 5.11 Å². The molecule has 0 saturated heterocycles. The minimum Gasteiger partial charge on any atom is -0.392 e. The lowest BCUT2D eigenvalue weighted by molar-refractivity contribution is 0.0677. The van der Waals surface area contributed by atoms with Gasteiger partial charge in [0.05, 0.1) is 6.61 Å². The average molecular weight is 175 g/mol. The van der Waals surface area contributed by atoms with E-state index in [1.54, 1.807) is 13.0 Å². The third kappa shape index (κ3) is 1.64. The summed E-state index contributed by atoms with van der Waals surface area (Å²) in [5, 5.41) is 8.69. The van der Waals surface area contributed by atoms with Crippen molar-refractivity contribution in [1.82, 2.24) is 4.57 Å². The molecule has 0 atom stereocenters. The monoisotopic (exact) mass is 175 g/mol. The zero-order valence-electron chi connectivity index (χ0n) is 6.80. The molecule has 0 bridgehead atoms. The zero-order chi connectivity index (χ0) is 9.14. The van der Waals surface area contributed by atoms with E-state index < -0.39 is 6.55 Å². The fourth-order valence-electron chi connectivity index (χ4n) is 1.14. The third-order valence-corrected chi connectivity index (χ3v) is 1.74. The standard InChI is InChI=1S/C8H11F2NO/c1-2-7-3-6(5-12)4-11(7)8(9)10/h3-4,8,12H,2,5H2,1H3. The SMILES string of the molecule is CCc1cc(CO)cn1C(F)F. The van der Waals surface area contributed by atoms with Crippen LogP contribution in [0.1, 0.15) is 24.7 Å². The highest BCUT2D eigenvalue weighted by Gasteiger charge is 2.10. The number of alkyl halides is 2. The van der Waals surface area contributed by atoms with Gasteiger partial charge in [-0.15, -0.1) is 0 Å². The van der Waals surface area contributed by atoms with Crippen molar-refractivity contribution in [1.29, 1.82) is 0 Å². The van der Waals surface area contributed by atoms with Crippen LogP contribution in [-0.2, 0) is 13.0 Å². The predicted octanol–water partition coefficient (Wildman–Crippen LogP) is 1.94. The number of rotatable bonds is 3. The summed E-state index contributed by atoms with van der Waals surface area (Å²) < 4.78 is 25.4. The lowest BCUT2D eigenvalue weighted by atomic mass is 10.3. The Kier molecular flexibility index (Phi) is 2.81. The Bertz CT molecular complexity index is 258. The number of aliphatic hydroxyl groups excluding tert-OH is 1. The average Bonchev–Trinajstić information content (AvgIpc) is 2.47. The van der Waals surface area contributed by atoms with Crippen LogP contribution in [0, 0.1) is 0 Å². The van der Waals surface area contributed by atoms with Crippen LogP contribution in [0.2, 0.25) is 0 Å². The number of aliphatic hydroxyl groups is 1. The summed E-state index contributed by atoms with van der Waals surface area (Å²) in [6.45, 7) is -0.900. The lowest BCUT2D eigenvalue weighted by Crippen LogP contribution is -2.00. The predicted molar refractivity (Wildman–Crippen MR) is 41.0 cm³/mol. The highest BCUT2D eigenvalue weighted by atomic mass is 19.3. The molecule has 0 unspecified atom stereocenters. The van der Waals surface area contributed by atoms with Crippen molar-refractivity contribution in [2.45, 2.75) is 26.5 Å². The molecule has 0 aliphatic heterocycles. The molecule has 0 radical (unpaired) electrons. The van der Waals surface area contributed by atoms with Crippen LogP contribution in [0.5, 0.6) is 0 Å². The van der Waals surface area contributed by atoms with Gasteiger partial charge in [0, 0.05) is 11.9 Å². The lowest BCUT2D eigenvalue weighted by Gasteiger charge is -2.04. The molecule has 0 spiro atoms. The van der Waals surface area contributed by atoms with E-state index in [1.165, 1.54) is 6.20 Å². The molecule has 12 heavy (non-hydrogen) atoms. The molecule has 1 heterocycles. The molecule has 1 rings (SSSR count). The molecule has 1 aromatic rings. The first-order valence-corrected chi connectivity index (χ1v) is 3.77. The quantitative estimate of drug-likeness (QED) is 0.746. The number of halogens is 2. The van der Waals surface area contributed by atoms with Gasteiger partial charge in [-0.05, 0) is 18.1 Å². The summed E-state index contributed by atoms with van der Waals surface area (Å²) in [7, 11) is 0. The molecule has 0 saturated carbocycles.